The number of nitrogens with one attached hydrogen (secondary N) is 2. The maximum atomic E-state index is 14.0. The molecule has 3 N–H and O–H groups in total. The van der Waals surface area contributed by atoms with Gasteiger partial charge in [-0.05, 0) is 54.8 Å². The van der Waals surface area contributed by atoms with Crippen LogP contribution in [0.3, 0.4) is 0 Å². The van der Waals surface area contributed by atoms with Crippen LogP contribution in [0.25, 0.3) is 0 Å². The molecule has 45 heavy (non-hydrogen) atoms. The third kappa shape index (κ3) is 6.96. The van der Waals surface area contributed by atoms with Crippen LogP contribution < -0.4 is 20.4 Å². The van der Waals surface area contributed by atoms with Crippen LogP contribution in [0.5, 0.6) is 5.75 Å². The van der Waals surface area contributed by atoms with Crippen LogP contribution in [0.1, 0.15) is 40.4 Å². The van der Waals surface area contributed by atoms with E-state index in [1.54, 1.807) is 38.1 Å². The number of anilines is 2. The van der Waals surface area contributed by atoms with Crippen molar-refractivity contribution in [3.05, 3.63) is 89.0 Å². The van der Waals surface area contributed by atoms with Crippen molar-refractivity contribution < 1.29 is 38.6 Å². The highest BCUT2D eigenvalue weighted by Crippen LogP contribution is 2.33. The fourth-order valence-electron chi connectivity index (χ4n) is 5.44. The van der Waals surface area contributed by atoms with Crippen molar-refractivity contribution in [3.63, 3.8) is 0 Å². The fourth-order valence-corrected chi connectivity index (χ4v) is 5.44. The van der Waals surface area contributed by atoms with E-state index in [9.17, 15) is 29.1 Å². The number of esters is 1. The van der Waals surface area contributed by atoms with Gasteiger partial charge in [0.1, 0.15) is 24.4 Å². The predicted molar refractivity (Wildman–Crippen MR) is 163 cm³/mol. The zero-order valence-corrected chi connectivity index (χ0v) is 25.1. The van der Waals surface area contributed by atoms with Crippen molar-refractivity contribution >= 4 is 41.0 Å². The van der Waals surface area contributed by atoms with Crippen molar-refractivity contribution in [2.75, 3.05) is 22.9 Å². The number of ether oxygens (including phenoxy) is 2. The third-order valence-electron chi connectivity index (χ3n) is 7.70. The number of phenols is 1. The van der Waals surface area contributed by atoms with Gasteiger partial charge in [0.25, 0.3) is 11.8 Å². The van der Waals surface area contributed by atoms with Crippen LogP contribution >= 0.6 is 0 Å². The zero-order valence-electron chi connectivity index (χ0n) is 25.1. The van der Waals surface area contributed by atoms with E-state index >= 15 is 0 Å². The van der Waals surface area contributed by atoms with Crippen LogP contribution in [0.2, 0.25) is 0 Å². The van der Waals surface area contributed by atoms with E-state index < -0.39 is 48.6 Å². The van der Waals surface area contributed by atoms with Crippen molar-refractivity contribution in [2.45, 2.75) is 52.2 Å². The number of carbonyl (C=O) groups is 5. The van der Waals surface area contributed by atoms with Gasteiger partial charge in [0.2, 0.25) is 18.1 Å². The number of benzene rings is 3. The highest BCUT2D eigenvalue weighted by molar-refractivity contribution is 6.10. The fraction of sp³-hybridized carbons (Fsp3) is 0.303. The lowest BCUT2D eigenvalue weighted by Gasteiger charge is -2.26. The summed E-state index contributed by atoms with van der Waals surface area (Å²) in [6.45, 7) is 4.18. The molecule has 3 atom stereocenters. The van der Waals surface area contributed by atoms with E-state index in [4.69, 9.17) is 9.47 Å². The Morgan fingerprint density at radius 3 is 2.27 bits per heavy atom. The van der Waals surface area contributed by atoms with Gasteiger partial charge >= 0.3 is 5.97 Å². The highest BCUT2D eigenvalue weighted by atomic mass is 16.7. The first-order valence-electron chi connectivity index (χ1n) is 14.5. The molecule has 1 fully saturated rings. The summed E-state index contributed by atoms with van der Waals surface area (Å²) >= 11 is 0. The minimum Gasteiger partial charge on any atom is -0.507 e. The second-order valence-corrected chi connectivity index (χ2v) is 11.1. The molecule has 2 aliphatic rings. The lowest BCUT2D eigenvalue weighted by molar-refractivity contribution is -0.168. The summed E-state index contributed by atoms with van der Waals surface area (Å²) < 4.78 is 11.1. The van der Waals surface area contributed by atoms with Gasteiger partial charge in [-0.2, -0.15) is 0 Å². The van der Waals surface area contributed by atoms with Crippen molar-refractivity contribution in [1.29, 1.82) is 0 Å². The molecular weight excluding hydrogens is 580 g/mol. The Balaban J connectivity index is 1.37. The van der Waals surface area contributed by atoms with E-state index in [2.05, 4.69) is 10.6 Å². The Morgan fingerprint density at radius 1 is 0.956 bits per heavy atom. The van der Waals surface area contributed by atoms with Crippen LogP contribution in [0, 0.1) is 13.8 Å². The number of para-hydroxylation sites is 2. The largest absolute Gasteiger partial charge is 0.507 e. The Bertz CT molecular complexity index is 1620. The number of fused-ring (bicyclic) bond motifs is 1. The molecule has 0 unspecified atom stereocenters. The molecule has 5 rings (SSSR count). The normalized spacial score (nSPS) is 19.4. The predicted octanol–water partition coefficient (Wildman–Crippen LogP) is 2.48. The first-order chi connectivity index (χ1) is 21.5. The standard InChI is InChI=1S/C33H34N4O8/c1-19-13-23(14-20(2)30(19)41)31(42)35-25-16-36(21(3)38)26-11-7-8-12-27(26)37(32(25)43)17-28(39)34-24-15-29(40)45-33(24)44-18-22-9-5-4-6-10-22/h4-14,24-25,33,41H,15-18H2,1-3H3,(H,34,39)(H,35,42)/t24-,25-,33+/m0/s1. The maximum absolute atomic E-state index is 14.0. The van der Waals surface area contributed by atoms with Crippen LogP contribution in [0.15, 0.2) is 66.7 Å². The molecule has 2 aliphatic heterocycles. The number of carbonyl (C=O) groups excluding carboxylic acids is 5. The smallest absolute Gasteiger partial charge is 0.310 e. The van der Waals surface area contributed by atoms with Crippen LogP contribution in [-0.2, 0) is 35.3 Å². The Labute approximate surface area is 259 Å². The molecule has 0 aliphatic carbocycles. The number of rotatable bonds is 8. The summed E-state index contributed by atoms with van der Waals surface area (Å²) in [6.07, 6.45) is -1.14. The van der Waals surface area contributed by atoms with Gasteiger partial charge in [-0.1, -0.05) is 42.5 Å². The number of cyclic esters (lactones) is 1. The molecule has 0 spiro atoms. The summed E-state index contributed by atoms with van der Waals surface area (Å²) in [5.41, 5.74) is 2.76. The molecule has 234 valence electrons. The molecular formula is C33H34N4O8. The number of hydrogen-bond acceptors (Lipinski definition) is 8. The summed E-state index contributed by atoms with van der Waals surface area (Å²) in [7, 11) is 0. The number of aryl methyl sites for hydroxylation is 2. The average molecular weight is 615 g/mol. The number of hydrogen-bond donors (Lipinski definition) is 3. The Hall–Kier alpha value is -5.23. The maximum Gasteiger partial charge on any atom is 0.310 e. The number of aromatic hydroxyl groups is 1. The second kappa shape index (κ2) is 13.2. The lowest BCUT2D eigenvalue weighted by Crippen LogP contribution is -2.55. The van der Waals surface area contributed by atoms with E-state index in [1.165, 1.54) is 28.9 Å². The molecule has 0 bridgehead atoms. The Morgan fingerprint density at radius 2 is 1.60 bits per heavy atom. The minimum atomic E-state index is -1.21. The quantitative estimate of drug-likeness (QED) is 0.327. The minimum absolute atomic E-state index is 0.0644. The summed E-state index contributed by atoms with van der Waals surface area (Å²) in [5, 5.41) is 15.6. The molecule has 0 radical (unpaired) electrons. The van der Waals surface area contributed by atoms with Gasteiger partial charge < -0.3 is 30.1 Å². The first-order valence-corrected chi connectivity index (χ1v) is 14.5. The molecule has 12 nitrogen and oxygen atoms in total. The number of nitrogens with zero attached hydrogens (tertiary/aromatic N) is 2. The van der Waals surface area contributed by atoms with Gasteiger partial charge in [-0.3, -0.25) is 28.9 Å². The monoisotopic (exact) mass is 614 g/mol. The third-order valence-corrected chi connectivity index (χ3v) is 7.70. The van der Waals surface area contributed by atoms with Gasteiger partial charge in [-0.25, -0.2) is 0 Å². The number of phenolic OH excluding ortho intramolecular Hbond substituents is 1. The van der Waals surface area contributed by atoms with E-state index in [1.807, 2.05) is 30.3 Å². The summed E-state index contributed by atoms with van der Waals surface area (Å²) in [6, 6.07) is 16.9. The lowest BCUT2D eigenvalue weighted by atomic mass is 10.0. The summed E-state index contributed by atoms with van der Waals surface area (Å²) in [4.78, 5) is 68.2. The van der Waals surface area contributed by atoms with Gasteiger partial charge in [0, 0.05) is 12.5 Å². The van der Waals surface area contributed by atoms with Crippen LogP contribution in [-0.4, -0.2) is 66.2 Å². The van der Waals surface area contributed by atoms with Gasteiger partial charge in [0.15, 0.2) is 0 Å². The summed E-state index contributed by atoms with van der Waals surface area (Å²) in [5.74, 6) is -2.63. The van der Waals surface area contributed by atoms with Crippen LogP contribution in [0.4, 0.5) is 11.4 Å². The highest BCUT2D eigenvalue weighted by Gasteiger charge is 2.40. The van der Waals surface area contributed by atoms with E-state index in [-0.39, 0.29) is 36.8 Å². The van der Waals surface area contributed by atoms with E-state index in [0.29, 0.717) is 22.5 Å². The topological polar surface area (TPSA) is 155 Å². The van der Waals surface area contributed by atoms with Crippen molar-refractivity contribution in [3.8, 4) is 5.75 Å². The van der Waals surface area contributed by atoms with E-state index in [0.717, 1.165) is 5.56 Å². The van der Waals surface area contributed by atoms with Crippen molar-refractivity contribution in [2.24, 2.45) is 0 Å². The van der Waals surface area contributed by atoms with Gasteiger partial charge in [-0.15, -0.1) is 0 Å². The zero-order chi connectivity index (χ0) is 32.2. The average Bonchev–Trinajstić information content (AvgIpc) is 3.32. The molecule has 3 aromatic carbocycles. The van der Waals surface area contributed by atoms with Gasteiger partial charge in [0.05, 0.1) is 30.9 Å². The number of amides is 4. The first kappa shape index (κ1) is 31.2. The molecule has 0 aromatic heterocycles. The van der Waals surface area contributed by atoms with Crippen molar-refractivity contribution in [1.82, 2.24) is 10.6 Å². The molecule has 4 amide bonds. The molecule has 12 heteroatoms. The molecule has 3 aromatic rings. The SMILES string of the molecule is CC(=O)N1C[C@H](NC(=O)c2cc(C)c(O)c(C)c2)C(=O)N(CC(=O)N[C@H]2CC(=O)O[C@H]2OCc2ccccc2)c2ccccc21. The second-order valence-electron chi connectivity index (χ2n) is 11.1. The molecule has 0 saturated carbocycles. The Kier molecular flexibility index (Phi) is 9.14. The molecule has 1 saturated heterocycles. The molecule has 2 heterocycles.